The minimum atomic E-state index is 0.0470. The fourth-order valence-electron chi connectivity index (χ4n) is 4.26. The average Bonchev–Trinajstić information content (AvgIpc) is 3.32. The summed E-state index contributed by atoms with van der Waals surface area (Å²) >= 11 is 0. The first-order chi connectivity index (χ1) is 12.7. The highest BCUT2D eigenvalue weighted by atomic mass is 16.2. The van der Waals surface area contributed by atoms with E-state index in [2.05, 4.69) is 51.5 Å². The highest BCUT2D eigenvalue weighted by molar-refractivity contribution is 5.92. The van der Waals surface area contributed by atoms with E-state index in [9.17, 15) is 4.79 Å². The molecule has 4 rings (SSSR count). The van der Waals surface area contributed by atoms with E-state index in [4.69, 9.17) is 0 Å². The first-order valence-corrected chi connectivity index (χ1v) is 9.63. The van der Waals surface area contributed by atoms with Gasteiger partial charge in [0.1, 0.15) is 0 Å². The van der Waals surface area contributed by atoms with Gasteiger partial charge in [-0.15, -0.1) is 0 Å². The standard InChI is InChI=1S/C22H27N3O/c1-24(21-13-8-17-6-2-3-7-20(17)21)16-22(26)23-18-9-11-19(12-10-18)25-14-4-5-15-25/h2-3,6-7,9-12,21H,4-5,8,13-16H2,1H3,(H,23,26). The van der Waals surface area contributed by atoms with Crippen LogP contribution in [0.25, 0.3) is 0 Å². The number of aryl methyl sites for hydroxylation is 1. The second-order valence-corrected chi connectivity index (χ2v) is 7.46. The number of hydrogen-bond donors (Lipinski definition) is 1. The van der Waals surface area contributed by atoms with Crippen LogP contribution in [0.5, 0.6) is 0 Å². The molecule has 0 saturated carbocycles. The lowest BCUT2D eigenvalue weighted by Gasteiger charge is -2.24. The maximum Gasteiger partial charge on any atom is 0.238 e. The number of likely N-dealkylation sites (N-methyl/N-ethyl adjacent to an activating group) is 1. The van der Waals surface area contributed by atoms with Gasteiger partial charge in [-0.05, 0) is 68.1 Å². The van der Waals surface area contributed by atoms with Crippen LogP contribution >= 0.6 is 0 Å². The van der Waals surface area contributed by atoms with Gasteiger partial charge in [0.2, 0.25) is 5.91 Å². The molecule has 2 aliphatic rings. The van der Waals surface area contributed by atoms with Crippen molar-refractivity contribution in [3.05, 3.63) is 59.7 Å². The molecule has 0 spiro atoms. The maximum absolute atomic E-state index is 12.5. The molecule has 1 unspecified atom stereocenters. The van der Waals surface area contributed by atoms with Crippen LogP contribution in [0, 0.1) is 0 Å². The summed E-state index contributed by atoms with van der Waals surface area (Å²) in [5, 5.41) is 3.04. The van der Waals surface area contributed by atoms with Crippen molar-refractivity contribution >= 4 is 17.3 Å². The summed E-state index contributed by atoms with van der Waals surface area (Å²) in [6.07, 6.45) is 4.74. The molecule has 4 nitrogen and oxygen atoms in total. The van der Waals surface area contributed by atoms with Crippen LogP contribution in [0.2, 0.25) is 0 Å². The smallest absolute Gasteiger partial charge is 0.238 e. The summed E-state index contributed by atoms with van der Waals surface area (Å²) in [5.74, 6) is 0.0470. The van der Waals surface area contributed by atoms with Crippen LogP contribution in [-0.4, -0.2) is 37.5 Å². The zero-order chi connectivity index (χ0) is 17.9. The third kappa shape index (κ3) is 3.61. The highest BCUT2D eigenvalue weighted by Crippen LogP contribution is 2.34. The maximum atomic E-state index is 12.5. The van der Waals surface area contributed by atoms with Gasteiger partial charge in [0.15, 0.2) is 0 Å². The van der Waals surface area contributed by atoms with E-state index in [1.807, 2.05) is 19.2 Å². The van der Waals surface area contributed by atoms with Crippen molar-refractivity contribution in [1.82, 2.24) is 4.90 Å². The SMILES string of the molecule is CN(CC(=O)Nc1ccc(N2CCCC2)cc1)C1CCc2ccccc21. The van der Waals surface area contributed by atoms with Gasteiger partial charge in [0, 0.05) is 30.5 Å². The Labute approximate surface area is 155 Å². The van der Waals surface area contributed by atoms with Crippen LogP contribution in [-0.2, 0) is 11.2 Å². The van der Waals surface area contributed by atoms with Crippen molar-refractivity contribution in [2.45, 2.75) is 31.7 Å². The number of anilines is 2. The van der Waals surface area contributed by atoms with Crippen LogP contribution in [0.15, 0.2) is 48.5 Å². The molecule has 1 aliphatic carbocycles. The van der Waals surface area contributed by atoms with Crippen molar-refractivity contribution in [3.63, 3.8) is 0 Å². The molecule has 1 aliphatic heterocycles. The summed E-state index contributed by atoms with van der Waals surface area (Å²) < 4.78 is 0. The summed E-state index contributed by atoms with van der Waals surface area (Å²) in [6.45, 7) is 2.69. The van der Waals surface area contributed by atoms with Crippen molar-refractivity contribution in [2.24, 2.45) is 0 Å². The van der Waals surface area contributed by atoms with Gasteiger partial charge in [-0.2, -0.15) is 0 Å². The van der Waals surface area contributed by atoms with Gasteiger partial charge >= 0.3 is 0 Å². The van der Waals surface area contributed by atoms with E-state index in [0.29, 0.717) is 12.6 Å². The van der Waals surface area contributed by atoms with E-state index in [-0.39, 0.29) is 5.91 Å². The van der Waals surface area contributed by atoms with Crippen LogP contribution in [0.1, 0.15) is 36.4 Å². The largest absolute Gasteiger partial charge is 0.372 e. The summed E-state index contributed by atoms with van der Waals surface area (Å²) in [4.78, 5) is 17.0. The third-order valence-corrected chi connectivity index (χ3v) is 5.65. The lowest BCUT2D eigenvalue weighted by Crippen LogP contribution is -2.32. The number of nitrogens with one attached hydrogen (secondary N) is 1. The number of carbonyl (C=O) groups excluding carboxylic acids is 1. The quantitative estimate of drug-likeness (QED) is 0.891. The lowest BCUT2D eigenvalue weighted by atomic mass is 10.1. The molecular formula is C22H27N3O. The molecule has 2 aromatic carbocycles. The second kappa shape index (κ2) is 7.50. The number of rotatable bonds is 5. The topological polar surface area (TPSA) is 35.6 Å². The van der Waals surface area contributed by atoms with E-state index in [1.165, 1.54) is 29.7 Å². The first kappa shape index (κ1) is 17.1. The Morgan fingerprint density at radius 2 is 1.85 bits per heavy atom. The van der Waals surface area contributed by atoms with Gasteiger partial charge in [0.25, 0.3) is 0 Å². The van der Waals surface area contributed by atoms with Crippen LogP contribution in [0.4, 0.5) is 11.4 Å². The highest BCUT2D eigenvalue weighted by Gasteiger charge is 2.26. The molecule has 1 amide bonds. The number of benzene rings is 2. The Hall–Kier alpha value is -2.33. The van der Waals surface area contributed by atoms with Crippen LogP contribution in [0.3, 0.4) is 0 Å². The van der Waals surface area contributed by atoms with E-state index in [0.717, 1.165) is 31.6 Å². The third-order valence-electron chi connectivity index (χ3n) is 5.65. The van der Waals surface area contributed by atoms with Gasteiger partial charge in [0.05, 0.1) is 6.54 Å². The van der Waals surface area contributed by atoms with Crippen LogP contribution < -0.4 is 10.2 Å². The second-order valence-electron chi connectivity index (χ2n) is 7.46. The molecular weight excluding hydrogens is 322 g/mol. The number of hydrogen-bond acceptors (Lipinski definition) is 3. The summed E-state index contributed by atoms with van der Waals surface area (Å²) in [5.41, 5.74) is 4.92. The Morgan fingerprint density at radius 1 is 1.12 bits per heavy atom. The molecule has 0 aromatic heterocycles. The van der Waals surface area contributed by atoms with E-state index >= 15 is 0 Å². The Balaban J connectivity index is 1.34. The number of carbonyl (C=O) groups is 1. The predicted octanol–water partition coefficient (Wildman–Crippen LogP) is 3.84. The molecule has 0 radical (unpaired) electrons. The van der Waals surface area contributed by atoms with Crippen molar-refractivity contribution in [1.29, 1.82) is 0 Å². The summed E-state index contributed by atoms with van der Waals surface area (Å²) in [6, 6.07) is 17.2. The lowest BCUT2D eigenvalue weighted by molar-refractivity contribution is -0.117. The first-order valence-electron chi connectivity index (χ1n) is 9.63. The molecule has 2 aromatic rings. The Kier molecular flexibility index (Phi) is 4.93. The molecule has 1 saturated heterocycles. The minimum absolute atomic E-state index is 0.0470. The molecule has 1 atom stereocenters. The molecule has 1 N–H and O–H groups in total. The minimum Gasteiger partial charge on any atom is -0.372 e. The van der Waals surface area contributed by atoms with Gasteiger partial charge in [-0.3, -0.25) is 9.69 Å². The molecule has 136 valence electrons. The number of fused-ring (bicyclic) bond motifs is 1. The Morgan fingerprint density at radius 3 is 2.62 bits per heavy atom. The van der Waals surface area contributed by atoms with Gasteiger partial charge in [-0.1, -0.05) is 24.3 Å². The van der Waals surface area contributed by atoms with Crippen molar-refractivity contribution in [3.8, 4) is 0 Å². The predicted molar refractivity (Wildman–Crippen MR) is 107 cm³/mol. The molecule has 0 bridgehead atoms. The molecule has 1 fully saturated rings. The Bertz CT molecular complexity index is 765. The summed E-state index contributed by atoms with van der Waals surface area (Å²) in [7, 11) is 2.04. The van der Waals surface area contributed by atoms with E-state index in [1.54, 1.807) is 0 Å². The molecule has 26 heavy (non-hydrogen) atoms. The average molecular weight is 349 g/mol. The monoisotopic (exact) mass is 349 g/mol. The normalized spacial score (nSPS) is 19.0. The van der Waals surface area contributed by atoms with E-state index < -0.39 is 0 Å². The van der Waals surface area contributed by atoms with Gasteiger partial charge in [-0.25, -0.2) is 0 Å². The van der Waals surface area contributed by atoms with Crippen molar-refractivity contribution < 1.29 is 4.79 Å². The number of amides is 1. The zero-order valence-corrected chi connectivity index (χ0v) is 15.4. The zero-order valence-electron chi connectivity index (χ0n) is 15.4. The fraction of sp³-hybridized carbons (Fsp3) is 0.409. The number of nitrogens with zero attached hydrogens (tertiary/aromatic N) is 2. The molecule has 4 heteroatoms. The van der Waals surface area contributed by atoms with Crippen molar-refractivity contribution in [2.75, 3.05) is 36.9 Å². The fourth-order valence-corrected chi connectivity index (χ4v) is 4.26. The van der Waals surface area contributed by atoms with Gasteiger partial charge < -0.3 is 10.2 Å². The molecule has 1 heterocycles.